The zero-order chi connectivity index (χ0) is 20.4. The molecule has 0 aliphatic carbocycles. The number of hydrogen-bond donors (Lipinski definition) is 2. The average Bonchev–Trinajstić information content (AvgIpc) is 3.31. The van der Waals surface area contributed by atoms with Gasteiger partial charge in [0.15, 0.2) is 0 Å². The number of benzene rings is 2. The minimum absolute atomic E-state index is 0.112. The molecule has 0 amide bonds. The van der Waals surface area contributed by atoms with Gasteiger partial charge in [0.2, 0.25) is 0 Å². The first-order chi connectivity index (χ1) is 14.1. The van der Waals surface area contributed by atoms with Crippen molar-refractivity contribution in [2.24, 2.45) is 0 Å². The van der Waals surface area contributed by atoms with Crippen LogP contribution in [0.15, 0.2) is 59.7 Å². The summed E-state index contributed by atoms with van der Waals surface area (Å²) in [6, 6.07) is 13.6. The lowest BCUT2D eigenvalue weighted by atomic mass is 10.2. The van der Waals surface area contributed by atoms with Gasteiger partial charge in [-0.2, -0.15) is 0 Å². The smallest absolute Gasteiger partial charge is 0.139 e. The third-order valence-electron chi connectivity index (χ3n) is 4.58. The number of thiazole rings is 1. The quantitative estimate of drug-likeness (QED) is 0.564. The van der Waals surface area contributed by atoms with Crippen LogP contribution >= 0.6 is 11.3 Å². The number of rotatable bonds is 6. The summed E-state index contributed by atoms with van der Waals surface area (Å²) in [6.07, 6.45) is 0.938. The van der Waals surface area contributed by atoms with E-state index in [9.17, 15) is 9.50 Å². The van der Waals surface area contributed by atoms with Gasteiger partial charge < -0.3 is 14.7 Å². The molecule has 1 aliphatic rings. The van der Waals surface area contributed by atoms with Crippen molar-refractivity contribution >= 4 is 28.4 Å². The summed E-state index contributed by atoms with van der Waals surface area (Å²) in [7, 11) is 0. The van der Waals surface area contributed by atoms with E-state index >= 15 is 0 Å². The van der Waals surface area contributed by atoms with Crippen molar-refractivity contribution in [3.63, 3.8) is 0 Å². The first-order valence-electron chi connectivity index (χ1n) is 9.30. The van der Waals surface area contributed by atoms with Crippen LogP contribution in [0, 0.1) is 11.2 Å². The maximum absolute atomic E-state index is 13.1. The summed E-state index contributed by atoms with van der Waals surface area (Å²) >= 11 is 1.35. The van der Waals surface area contributed by atoms with E-state index in [2.05, 4.69) is 11.9 Å². The number of anilines is 1. The Balaban J connectivity index is 1.54. The minimum Gasteiger partial charge on any atom is -0.510 e. The SMILES string of the molecule is CCCOc1ccc(N2CC(O)=C(c3nc(-c4ccc(F)cc4)cs3)C2=N)cc1. The van der Waals surface area contributed by atoms with E-state index in [0.29, 0.717) is 22.9 Å². The molecule has 0 spiro atoms. The molecule has 0 atom stereocenters. The fourth-order valence-electron chi connectivity index (χ4n) is 3.11. The van der Waals surface area contributed by atoms with E-state index in [1.807, 2.05) is 29.6 Å². The topological polar surface area (TPSA) is 69.4 Å². The fraction of sp³-hybridized carbons (Fsp3) is 0.182. The maximum Gasteiger partial charge on any atom is 0.139 e. The highest BCUT2D eigenvalue weighted by atomic mass is 32.1. The van der Waals surface area contributed by atoms with Crippen LogP contribution < -0.4 is 9.64 Å². The number of nitrogens with one attached hydrogen (secondary N) is 1. The van der Waals surface area contributed by atoms with Gasteiger partial charge in [-0.25, -0.2) is 9.37 Å². The van der Waals surface area contributed by atoms with Crippen LogP contribution in [0.25, 0.3) is 16.8 Å². The van der Waals surface area contributed by atoms with Crippen molar-refractivity contribution < 1.29 is 14.2 Å². The van der Waals surface area contributed by atoms with Crippen LogP contribution in [-0.2, 0) is 0 Å². The van der Waals surface area contributed by atoms with E-state index in [0.717, 1.165) is 23.4 Å². The lowest BCUT2D eigenvalue weighted by Crippen LogP contribution is -2.25. The van der Waals surface area contributed by atoms with Gasteiger partial charge in [-0.05, 0) is 55.0 Å². The van der Waals surface area contributed by atoms with Gasteiger partial charge in [0.05, 0.1) is 24.4 Å². The van der Waals surface area contributed by atoms with Gasteiger partial charge in [0.25, 0.3) is 0 Å². The number of aliphatic hydroxyl groups excluding tert-OH is 1. The first kappa shape index (κ1) is 19.1. The molecule has 0 radical (unpaired) electrons. The second-order valence-corrected chi connectivity index (χ2v) is 7.50. The molecular formula is C22H20FN3O2S. The Morgan fingerprint density at radius 2 is 1.90 bits per heavy atom. The van der Waals surface area contributed by atoms with E-state index in [1.54, 1.807) is 17.0 Å². The Morgan fingerprint density at radius 3 is 2.59 bits per heavy atom. The van der Waals surface area contributed by atoms with Crippen molar-refractivity contribution in [3.8, 4) is 17.0 Å². The molecule has 5 nitrogen and oxygen atoms in total. The monoisotopic (exact) mass is 409 g/mol. The normalized spacial score (nSPS) is 14.0. The van der Waals surface area contributed by atoms with Gasteiger partial charge in [0, 0.05) is 16.6 Å². The van der Waals surface area contributed by atoms with Gasteiger partial charge in [-0.3, -0.25) is 5.41 Å². The van der Waals surface area contributed by atoms with Crippen LogP contribution in [0.1, 0.15) is 18.4 Å². The number of halogens is 1. The van der Waals surface area contributed by atoms with Crippen molar-refractivity contribution in [3.05, 3.63) is 70.5 Å². The molecule has 1 aromatic heterocycles. The predicted octanol–water partition coefficient (Wildman–Crippen LogP) is 5.50. The highest BCUT2D eigenvalue weighted by Crippen LogP contribution is 2.34. The van der Waals surface area contributed by atoms with E-state index < -0.39 is 0 Å². The predicted molar refractivity (Wildman–Crippen MR) is 114 cm³/mol. The second-order valence-electron chi connectivity index (χ2n) is 6.64. The van der Waals surface area contributed by atoms with Gasteiger partial charge >= 0.3 is 0 Å². The number of nitrogens with zero attached hydrogens (tertiary/aromatic N) is 2. The molecular weight excluding hydrogens is 389 g/mol. The molecule has 0 bridgehead atoms. The number of amidine groups is 1. The molecule has 2 N–H and O–H groups in total. The fourth-order valence-corrected chi connectivity index (χ4v) is 4.00. The van der Waals surface area contributed by atoms with Crippen molar-refractivity contribution in [2.75, 3.05) is 18.1 Å². The highest BCUT2D eigenvalue weighted by molar-refractivity contribution is 7.11. The van der Waals surface area contributed by atoms with Crippen LogP contribution in [-0.4, -0.2) is 29.1 Å². The molecule has 2 aromatic carbocycles. The van der Waals surface area contributed by atoms with Gasteiger partial charge in [-0.1, -0.05) is 6.92 Å². The number of hydrogen-bond acceptors (Lipinski definition) is 5. The molecule has 148 valence electrons. The molecule has 0 fully saturated rings. The molecule has 0 saturated carbocycles. The summed E-state index contributed by atoms with van der Waals surface area (Å²) in [5.41, 5.74) is 2.71. The molecule has 0 unspecified atom stereocenters. The van der Waals surface area contributed by atoms with Crippen LogP contribution in [0.4, 0.5) is 10.1 Å². The Kier molecular flexibility index (Phi) is 5.31. The van der Waals surface area contributed by atoms with E-state index in [1.165, 1.54) is 23.5 Å². The summed E-state index contributed by atoms with van der Waals surface area (Å²) in [4.78, 5) is 6.29. The third kappa shape index (κ3) is 3.86. The van der Waals surface area contributed by atoms with Crippen molar-refractivity contribution in [2.45, 2.75) is 13.3 Å². The Hall–Kier alpha value is -3.19. The Morgan fingerprint density at radius 1 is 1.17 bits per heavy atom. The largest absolute Gasteiger partial charge is 0.510 e. The molecule has 0 saturated heterocycles. The highest BCUT2D eigenvalue weighted by Gasteiger charge is 2.31. The number of aromatic nitrogens is 1. The lowest BCUT2D eigenvalue weighted by molar-refractivity contribution is 0.317. The van der Waals surface area contributed by atoms with Crippen molar-refractivity contribution in [1.82, 2.24) is 4.98 Å². The van der Waals surface area contributed by atoms with E-state index in [-0.39, 0.29) is 24.0 Å². The van der Waals surface area contributed by atoms with Gasteiger partial charge in [-0.15, -0.1) is 11.3 Å². The zero-order valence-corrected chi connectivity index (χ0v) is 16.7. The zero-order valence-electron chi connectivity index (χ0n) is 15.9. The molecule has 7 heteroatoms. The molecule has 2 heterocycles. The van der Waals surface area contributed by atoms with Gasteiger partial charge in [0.1, 0.15) is 28.2 Å². The minimum atomic E-state index is -0.302. The maximum atomic E-state index is 13.1. The molecule has 1 aliphatic heterocycles. The summed E-state index contributed by atoms with van der Waals surface area (Å²) in [5, 5.41) is 21.5. The Labute approximate surface area is 172 Å². The standard InChI is InChI=1S/C22H20FN3O2S/c1-2-11-28-17-9-7-16(8-10-17)26-12-19(27)20(21(26)24)22-25-18(13-29-22)14-3-5-15(23)6-4-14/h3-10,13,24,27H,2,11-12H2,1H3. The number of aliphatic hydroxyl groups is 1. The van der Waals surface area contributed by atoms with Crippen molar-refractivity contribution in [1.29, 1.82) is 5.41 Å². The van der Waals surface area contributed by atoms with E-state index in [4.69, 9.17) is 10.1 Å². The number of ether oxygens (including phenoxy) is 1. The Bertz CT molecular complexity index is 1060. The molecule has 4 rings (SSSR count). The summed E-state index contributed by atoms with van der Waals surface area (Å²) in [6.45, 7) is 2.93. The average molecular weight is 409 g/mol. The summed E-state index contributed by atoms with van der Waals surface area (Å²) in [5.74, 6) is 0.789. The lowest BCUT2D eigenvalue weighted by Gasteiger charge is -2.19. The van der Waals surface area contributed by atoms with Crippen LogP contribution in [0.5, 0.6) is 5.75 Å². The second kappa shape index (κ2) is 8.05. The first-order valence-corrected chi connectivity index (χ1v) is 10.2. The molecule has 3 aromatic rings. The van der Waals surface area contributed by atoms with Crippen LogP contribution in [0.2, 0.25) is 0 Å². The van der Waals surface area contributed by atoms with Crippen LogP contribution in [0.3, 0.4) is 0 Å². The summed E-state index contributed by atoms with van der Waals surface area (Å²) < 4.78 is 18.7. The molecule has 29 heavy (non-hydrogen) atoms. The third-order valence-corrected chi connectivity index (χ3v) is 5.44.